The first-order chi connectivity index (χ1) is 15.2. The van der Waals surface area contributed by atoms with Crippen LogP contribution in [-0.2, 0) is 0 Å². The van der Waals surface area contributed by atoms with Gasteiger partial charge in [-0.3, -0.25) is 14.7 Å². The number of amides is 1. The smallest absolute Gasteiger partial charge is 0.263 e. The molecule has 1 amide bonds. The molecule has 3 aromatic carbocycles. The average Bonchev–Trinajstić information content (AvgIpc) is 2.98. The first-order valence-electron chi connectivity index (χ1n) is 10.1. The minimum absolute atomic E-state index is 0.102. The van der Waals surface area contributed by atoms with Crippen molar-refractivity contribution in [1.82, 2.24) is 0 Å². The van der Waals surface area contributed by atoms with Crippen molar-refractivity contribution in [2.45, 2.75) is 12.5 Å². The van der Waals surface area contributed by atoms with E-state index in [0.29, 0.717) is 23.5 Å². The van der Waals surface area contributed by atoms with E-state index < -0.39 is 0 Å². The van der Waals surface area contributed by atoms with E-state index in [2.05, 4.69) is 0 Å². The molecule has 0 aliphatic carbocycles. The fourth-order valence-electron chi connectivity index (χ4n) is 4.42. The highest BCUT2D eigenvalue weighted by molar-refractivity contribution is 6.17. The fourth-order valence-corrected chi connectivity index (χ4v) is 4.42. The van der Waals surface area contributed by atoms with E-state index in [-0.39, 0.29) is 11.9 Å². The Kier molecular flexibility index (Phi) is 4.62. The Morgan fingerprint density at radius 3 is 2.39 bits per heavy atom. The maximum Gasteiger partial charge on any atom is 0.263 e. The zero-order valence-electron chi connectivity index (χ0n) is 17.6. The van der Waals surface area contributed by atoms with Crippen molar-refractivity contribution in [1.29, 1.82) is 0 Å². The van der Waals surface area contributed by atoms with Crippen LogP contribution in [0.2, 0.25) is 0 Å². The second kappa shape index (κ2) is 7.47. The van der Waals surface area contributed by atoms with Gasteiger partial charge >= 0.3 is 0 Å². The van der Waals surface area contributed by atoms with E-state index >= 15 is 0 Å². The topological polar surface area (TPSA) is 60.4 Å². The lowest BCUT2D eigenvalue weighted by atomic mass is 9.96. The van der Waals surface area contributed by atoms with Crippen LogP contribution in [0.25, 0.3) is 0 Å². The molecule has 0 spiro atoms. The number of aliphatic imine (C=N–C) groups is 1. The molecule has 0 fully saturated rings. The molecular weight excluding hydrogens is 392 g/mol. The predicted molar refractivity (Wildman–Crippen MR) is 119 cm³/mol. The van der Waals surface area contributed by atoms with Crippen molar-refractivity contribution < 1.29 is 19.0 Å². The van der Waals surface area contributed by atoms with Crippen LogP contribution in [-0.4, -0.2) is 32.9 Å². The summed E-state index contributed by atoms with van der Waals surface area (Å²) in [5.41, 5.74) is 4.94. The molecule has 0 N–H and O–H groups in total. The zero-order valence-corrected chi connectivity index (χ0v) is 17.6. The third-order valence-corrected chi connectivity index (χ3v) is 5.89. The second-order valence-electron chi connectivity index (χ2n) is 7.44. The molecule has 0 bridgehead atoms. The SMILES string of the molecule is COc1ccc(C2=Nc3ccccc3N3C(=O)c4c(ccc(OC)c4OC)[C@@H]3C2)cc1. The Bertz CT molecular complexity index is 1200. The Labute approximate surface area is 180 Å². The number of nitrogens with zero attached hydrogens (tertiary/aromatic N) is 2. The molecule has 0 aromatic heterocycles. The second-order valence-corrected chi connectivity index (χ2v) is 7.44. The van der Waals surface area contributed by atoms with Crippen LogP contribution in [0, 0.1) is 0 Å². The molecule has 2 aliphatic rings. The predicted octanol–water partition coefficient (Wildman–Crippen LogP) is 4.94. The number of rotatable bonds is 4. The van der Waals surface area contributed by atoms with Gasteiger partial charge in [0.05, 0.1) is 50.0 Å². The number of carbonyl (C=O) groups is 1. The highest BCUT2D eigenvalue weighted by Gasteiger charge is 2.43. The van der Waals surface area contributed by atoms with Crippen LogP contribution < -0.4 is 19.1 Å². The van der Waals surface area contributed by atoms with Gasteiger partial charge in [-0.15, -0.1) is 0 Å². The summed E-state index contributed by atoms with van der Waals surface area (Å²) in [6.45, 7) is 0. The lowest BCUT2D eigenvalue weighted by Crippen LogP contribution is -2.28. The van der Waals surface area contributed by atoms with Gasteiger partial charge < -0.3 is 14.2 Å². The molecule has 5 rings (SSSR count). The minimum atomic E-state index is -0.188. The Balaban J connectivity index is 1.69. The molecule has 1 atom stereocenters. The van der Waals surface area contributed by atoms with Crippen molar-refractivity contribution in [3.8, 4) is 17.2 Å². The Morgan fingerprint density at radius 2 is 1.68 bits per heavy atom. The highest BCUT2D eigenvalue weighted by Crippen LogP contribution is 2.50. The molecular formula is C25H22N2O4. The van der Waals surface area contributed by atoms with Crippen molar-refractivity contribution in [2.75, 3.05) is 26.2 Å². The molecule has 0 saturated heterocycles. The first kappa shape index (κ1) is 19.2. The van der Waals surface area contributed by atoms with E-state index in [4.69, 9.17) is 19.2 Å². The van der Waals surface area contributed by atoms with Crippen molar-refractivity contribution in [2.24, 2.45) is 4.99 Å². The Hall–Kier alpha value is -3.80. The number of fused-ring (bicyclic) bond motifs is 5. The number of anilines is 1. The highest BCUT2D eigenvalue weighted by atomic mass is 16.5. The van der Waals surface area contributed by atoms with Crippen molar-refractivity contribution >= 4 is 23.0 Å². The van der Waals surface area contributed by atoms with Crippen LogP contribution in [0.1, 0.15) is 33.9 Å². The largest absolute Gasteiger partial charge is 0.497 e. The van der Waals surface area contributed by atoms with E-state index in [1.54, 1.807) is 21.3 Å². The molecule has 31 heavy (non-hydrogen) atoms. The third-order valence-electron chi connectivity index (χ3n) is 5.89. The van der Waals surface area contributed by atoms with Gasteiger partial charge in [0.25, 0.3) is 5.91 Å². The molecule has 156 valence electrons. The summed E-state index contributed by atoms with van der Waals surface area (Å²) in [5, 5.41) is 0. The average molecular weight is 414 g/mol. The molecule has 6 heteroatoms. The standard InChI is InChI=1S/C25H22N2O4/c1-29-16-10-8-15(9-11-16)19-14-21-17-12-13-22(30-2)24(31-3)23(17)25(28)27(21)20-7-5-4-6-18(20)26-19/h4-13,21H,14H2,1-3H3/t21-/m0/s1. The first-order valence-corrected chi connectivity index (χ1v) is 10.1. The summed E-state index contributed by atoms with van der Waals surface area (Å²) in [4.78, 5) is 20.4. The zero-order chi connectivity index (χ0) is 21.5. The number of methoxy groups -OCH3 is 3. The van der Waals surface area contributed by atoms with E-state index in [1.165, 1.54) is 0 Å². The van der Waals surface area contributed by atoms with Gasteiger partial charge in [0.1, 0.15) is 5.75 Å². The van der Waals surface area contributed by atoms with Crippen LogP contribution >= 0.6 is 0 Å². The Morgan fingerprint density at radius 1 is 0.903 bits per heavy atom. The van der Waals surface area contributed by atoms with Crippen LogP contribution in [0.5, 0.6) is 17.2 Å². The maximum absolute atomic E-state index is 13.6. The molecule has 0 saturated carbocycles. The number of carbonyl (C=O) groups excluding carboxylic acids is 1. The van der Waals surface area contributed by atoms with Crippen LogP contribution in [0.4, 0.5) is 11.4 Å². The van der Waals surface area contributed by atoms with Gasteiger partial charge in [0.2, 0.25) is 0 Å². The molecule has 2 aliphatic heterocycles. The van der Waals surface area contributed by atoms with E-state index in [0.717, 1.165) is 34.0 Å². The summed E-state index contributed by atoms with van der Waals surface area (Å²) in [6, 6.07) is 19.2. The number of ether oxygens (including phenoxy) is 3. The summed E-state index contributed by atoms with van der Waals surface area (Å²) in [7, 11) is 4.79. The summed E-state index contributed by atoms with van der Waals surface area (Å²) >= 11 is 0. The summed E-state index contributed by atoms with van der Waals surface area (Å²) in [5.74, 6) is 1.70. The van der Waals surface area contributed by atoms with Gasteiger partial charge in [-0.1, -0.05) is 18.2 Å². The monoisotopic (exact) mass is 414 g/mol. The molecule has 0 unspecified atom stereocenters. The third kappa shape index (κ3) is 2.94. The molecule has 3 aromatic rings. The van der Waals surface area contributed by atoms with E-state index in [9.17, 15) is 4.79 Å². The van der Waals surface area contributed by atoms with Gasteiger partial charge in [0, 0.05) is 6.42 Å². The van der Waals surface area contributed by atoms with Gasteiger partial charge in [-0.25, -0.2) is 0 Å². The van der Waals surface area contributed by atoms with Crippen molar-refractivity contribution in [3.63, 3.8) is 0 Å². The van der Waals surface area contributed by atoms with Crippen LogP contribution in [0.3, 0.4) is 0 Å². The lowest BCUT2D eigenvalue weighted by molar-refractivity contribution is 0.0989. The minimum Gasteiger partial charge on any atom is -0.497 e. The van der Waals surface area contributed by atoms with E-state index in [1.807, 2.05) is 65.6 Å². The van der Waals surface area contributed by atoms with Gasteiger partial charge in [-0.2, -0.15) is 0 Å². The van der Waals surface area contributed by atoms with Crippen molar-refractivity contribution in [3.05, 3.63) is 77.4 Å². The number of hydrogen-bond acceptors (Lipinski definition) is 5. The molecule has 6 nitrogen and oxygen atoms in total. The fraction of sp³-hybridized carbons (Fsp3) is 0.200. The lowest BCUT2D eigenvalue weighted by Gasteiger charge is -2.24. The molecule has 0 radical (unpaired) electrons. The maximum atomic E-state index is 13.6. The summed E-state index contributed by atoms with van der Waals surface area (Å²) in [6.07, 6.45) is 0.579. The normalized spacial score (nSPS) is 16.6. The molecule has 2 heterocycles. The number of hydrogen-bond donors (Lipinski definition) is 0. The summed E-state index contributed by atoms with van der Waals surface area (Å²) < 4.78 is 16.3. The number of para-hydroxylation sites is 2. The van der Waals surface area contributed by atoms with Crippen LogP contribution in [0.15, 0.2) is 65.7 Å². The van der Waals surface area contributed by atoms with Gasteiger partial charge in [-0.05, 0) is 53.6 Å². The quantitative estimate of drug-likeness (QED) is 0.607. The van der Waals surface area contributed by atoms with Gasteiger partial charge in [0.15, 0.2) is 11.5 Å². The number of benzene rings is 3.